The fourth-order valence-electron chi connectivity index (χ4n) is 3.72. The average molecular weight is 361 g/mol. The summed E-state index contributed by atoms with van der Waals surface area (Å²) in [6.45, 7) is 2.27. The number of methoxy groups -OCH3 is 2. The fraction of sp³-hybridized carbons (Fsp3) is 0.682. The van der Waals surface area contributed by atoms with Gasteiger partial charge in [-0.05, 0) is 30.5 Å². The Bertz CT molecular complexity index is 586. The van der Waals surface area contributed by atoms with E-state index in [1.165, 1.54) is 68.9 Å². The molecule has 0 spiro atoms. The fourth-order valence-corrected chi connectivity index (χ4v) is 3.72. The number of rotatable bonds is 12. The zero-order chi connectivity index (χ0) is 18.8. The lowest BCUT2D eigenvalue weighted by Gasteiger charge is -2.33. The van der Waals surface area contributed by atoms with Gasteiger partial charge >= 0.3 is 0 Å². The minimum absolute atomic E-state index is 0.617. The first-order valence-electron chi connectivity index (χ1n) is 10.2. The lowest BCUT2D eigenvalue weighted by atomic mass is 9.88. The van der Waals surface area contributed by atoms with E-state index in [1.807, 2.05) is 18.3 Å². The molecule has 0 fully saturated rings. The van der Waals surface area contributed by atoms with Gasteiger partial charge < -0.3 is 9.47 Å². The van der Waals surface area contributed by atoms with Crippen LogP contribution in [0, 0.1) is 0 Å². The second-order valence-electron chi connectivity index (χ2n) is 7.39. The van der Waals surface area contributed by atoms with E-state index in [1.54, 1.807) is 14.2 Å². The first-order chi connectivity index (χ1) is 12.6. The third kappa shape index (κ3) is 5.55. The Balaban J connectivity index is 1.84. The van der Waals surface area contributed by atoms with Crippen LogP contribution in [0.4, 0.5) is 0 Å². The zero-order valence-electron chi connectivity index (χ0n) is 16.9. The van der Waals surface area contributed by atoms with Crippen molar-refractivity contribution in [3.05, 3.63) is 34.8 Å². The van der Waals surface area contributed by atoms with E-state index in [0.29, 0.717) is 12.2 Å². The van der Waals surface area contributed by atoms with Crippen molar-refractivity contribution in [1.82, 2.24) is 4.98 Å². The van der Waals surface area contributed by atoms with Crippen molar-refractivity contribution >= 4 is 6.08 Å². The molecule has 0 saturated carbocycles. The molecule has 4 nitrogen and oxygen atoms in total. The Labute approximate surface area is 159 Å². The number of hydrogen-bond donors (Lipinski definition) is 1. The molecule has 1 aromatic rings. The molecule has 0 aliphatic heterocycles. The molecule has 26 heavy (non-hydrogen) atoms. The third-order valence-electron chi connectivity index (χ3n) is 5.41. The van der Waals surface area contributed by atoms with Gasteiger partial charge in [-0.1, -0.05) is 58.3 Å². The number of unbranched alkanes of at least 4 members (excludes halogenated alkanes) is 8. The molecule has 1 atom stereocenters. The summed E-state index contributed by atoms with van der Waals surface area (Å²) in [6.07, 6.45) is 17.6. The first-order valence-corrected chi connectivity index (χ1v) is 10.2. The van der Waals surface area contributed by atoms with Crippen molar-refractivity contribution in [3.63, 3.8) is 0 Å². The number of pyridine rings is 1. The van der Waals surface area contributed by atoms with Crippen LogP contribution in [0.3, 0.4) is 0 Å². The molecule has 2 rings (SSSR count). The van der Waals surface area contributed by atoms with Gasteiger partial charge in [0.25, 0.3) is 0 Å². The van der Waals surface area contributed by atoms with Crippen molar-refractivity contribution in [2.75, 3.05) is 14.2 Å². The van der Waals surface area contributed by atoms with Crippen LogP contribution in [0.25, 0.3) is 6.08 Å². The molecule has 0 bridgehead atoms. The van der Waals surface area contributed by atoms with Crippen molar-refractivity contribution in [2.45, 2.75) is 83.3 Å². The summed E-state index contributed by atoms with van der Waals surface area (Å²) in [7, 11) is 3.27. The normalized spacial score (nSPS) is 19.2. The Morgan fingerprint density at radius 3 is 2.31 bits per heavy atom. The molecule has 1 heterocycles. The highest BCUT2D eigenvalue weighted by atomic mass is 16.5. The summed E-state index contributed by atoms with van der Waals surface area (Å²) in [5, 5.41) is 0. The molecule has 0 radical (unpaired) electrons. The van der Waals surface area contributed by atoms with Crippen LogP contribution in [0.5, 0.6) is 0 Å². The van der Waals surface area contributed by atoms with E-state index in [9.17, 15) is 0 Å². The minimum atomic E-state index is -0.877. The smallest absolute Gasteiger partial charge is 0.178 e. The highest BCUT2D eigenvalue weighted by Crippen LogP contribution is 2.32. The SMILES string of the molecule is CCCCCCCCCCCc1nccc2c1C=C(OC)C(N)(OC)C2. The summed E-state index contributed by atoms with van der Waals surface area (Å²) < 4.78 is 11.0. The second kappa shape index (κ2) is 10.7. The second-order valence-corrected chi connectivity index (χ2v) is 7.39. The predicted octanol–water partition coefficient (Wildman–Crippen LogP) is 5.00. The largest absolute Gasteiger partial charge is 0.497 e. The van der Waals surface area contributed by atoms with Gasteiger partial charge in [0.1, 0.15) is 5.76 Å². The van der Waals surface area contributed by atoms with E-state index in [0.717, 1.165) is 12.1 Å². The number of ether oxygens (including phenoxy) is 2. The first kappa shape index (κ1) is 20.9. The highest BCUT2D eigenvalue weighted by molar-refractivity contribution is 5.62. The number of nitrogens with zero attached hydrogens (tertiary/aromatic N) is 1. The standard InChI is InChI=1S/C22H36N2O2/c1-4-5-6-7-8-9-10-11-12-13-20-19-16-21(25-2)22(23,26-3)17-18(19)14-15-24-20/h14-16H,4-13,17,23H2,1-3H3. The van der Waals surface area contributed by atoms with E-state index in [2.05, 4.69) is 11.9 Å². The Kier molecular flexibility index (Phi) is 8.60. The predicted molar refractivity (Wildman–Crippen MR) is 108 cm³/mol. The highest BCUT2D eigenvalue weighted by Gasteiger charge is 2.36. The van der Waals surface area contributed by atoms with E-state index < -0.39 is 5.72 Å². The maximum Gasteiger partial charge on any atom is 0.178 e. The van der Waals surface area contributed by atoms with Crippen LogP contribution >= 0.6 is 0 Å². The monoisotopic (exact) mass is 360 g/mol. The molecule has 0 aromatic carbocycles. The van der Waals surface area contributed by atoms with Crippen LogP contribution in [-0.4, -0.2) is 24.9 Å². The number of fused-ring (bicyclic) bond motifs is 1. The van der Waals surface area contributed by atoms with Crippen LogP contribution in [0.1, 0.15) is 81.5 Å². The van der Waals surface area contributed by atoms with Gasteiger partial charge in [-0.3, -0.25) is 10.7 Å². The quantitative estimate of drug-likeness (QED) is 0.421. The van der Waals surface area contributed by atoms with Crippen molar-refractivity contribution in [3.8, 4) is 0 Å². The number of nitrogens with two attached hydrogens (primary N) is 1. The van der Waals surface area contributed by atoms with Crippen molar-refractivity contribution in [2.24, 2.45) is 5.73 Å². The lowest BCUT2D eigenvalue weighted by Crippen LogP contribution is -2.48. The Morgan fingerprint density at radius 2 is 1.69 bits per heavy atom. The summed E-state index contributed by atoms with van der Waals surface area (Å²) in [4.78, 5) is 4.62. The molecular formula is C22H36N2O2. The molecule has 0 saturated heterocycles. The van der Waals surface area contributed by atoms with Gasteiger partial charge in [0.2, 0.25) is 0 Å². The maximum atomic E-state index is 6.34. The van der Waals surface area contributed by atoms with Gasteiger partial charge in [-0.2, -0.15) is 0 Å². The molecular weight excluding hydrogens is 324 g/mol. The number of aromatic nitrogens is 1. The molecule has 1 aliphatic rings. The van der Waals surface area contributed by atoms with Crippen molar-refractivity contribution < 1.29 is 9.47 Å². The van der Waals surface area contributed by atoms with Gasteiger partial charge in [-0.15, -0.1) is 0 Å². The molecule has 2 N–H and O–H groups in total. The van der Waals surface area contributed by atoms with Crippen LogP contribution in [0.15, 0.2) is 18.0 Å². The topological polar surface area (TPSA) is 57.4 Å². The van der Waals surface area contributed by atoms with Crippen molar-refractivity contribution in [1.29, 1.82) is 0 Å². The third-order valence-corrected chi connectivity index (χ3v) is 5.41. The summed E-state index contributed by atoms with van der Waals surface area (Å²) >= 11 is 0. The molecule has 146 valence electrons. The average Bonchev–Trinajstić information content (AvgIpc) is 2.66. The van der Waals surface area contributed by atoms with Gasteiger partial charge in [0.05, 0.1) is 7.11 Å². The van der Waals surface area contributed by atoms with Gasteiger partial charge in [0, 0.05) is 31.0 Å². The zero-order valence-corrected chi connectivity index (χ0v) is 16.9. The van der Waals surface area contributed by atoms with Crippen LogP contribution in [0.2, 0.25) is 0 Å². The van der Waals surface area contributed by atoms with Crippen LogP contribution < -0.4 is 5.73 Å². The Morgan fingerprint density at radius 1 is 1.04 bits per heavy atom. The summed E-state index contributed by atoms with van der Waals surface area (Å²) in [5.41, 5.74) is 8.97. The molecule has 1 aliphatic carbocycles. The molecule has 0 amide bonds. The van der Waals surface area contributed by atoms with E-state index in [4.69, 9.17) is 15.2 Å². The van der Waals surface area contributed by atoms with E-state index in [-0.39, 0.29) is 0 Å². The minimum Gasteiger partial charge on any atom is -0.497 e. The lowest BCUT2D eigenvalue weighted by molar-refractivity contribution is -0.0140. The Hall–Kier alpha value is -1.39. The van der Waals surface area contributed by atoms with Gasteiger partial charge in [-0.25, -0.2) is 0 Å². The number of hydrogen-bond acceptors (Lipinski definition) is 4. The number of aryl methyl sites for hydroxylation is 1. The molecule has 4 heteroatoms. The maximum absolute atomic E-state index is 6.34. The molecule has 1 aromatic heterocycles. The van der Waals surface area contributed by atoms with E-state index >= 15 is 0 Å². The van der Waals surface area contributed by atoms with Crippen LogP contribution in [-0.2, 0) is 22.3 Å². The summed E-state index contributed by atoms with van der Waals surface area (Å²) in [5.74, 6) is 0.675. The van der Waals surface area contributed by atoms with Gasteiger partial charge in [0.15, 0.2) is 5.72 Å². The molecule has 1 unspecified atom stereocenters. The summed E-state index contributed by atoms with van der Waals surface area (Å²) in [6, 6.07) is 2.04.